The van der Waals surface area contributed by atoms with Gasteiger partial charge < -0.3 is 14.6 Å². The van der Waals surface area contributed by atoms with Crippen LogP contribution in [0.15, 0.2) is 16.6 Å². The highest BCUT2D eigenvalue weighted by Gasteiger charge is 2.21. The van der Waals surface area contributed by atoms with Crippen LogP contribution in [0.2, 0.25) is 0 Å². The molecule has 106 valence electrons. The molecule has 0 radical (unpaired) electrons. The number of aliphatic hydroxyl groups is 1. The van der Waals surface area contributed by atoms with Gasteiger partial charge in [-0.2, -0.15) is 0 Å². The van der Waals surface area contributed by atoms with Gasteiger partial charge in [0.15, 0.2) is 11.5 Å². The minimum absolute atomic E-state index is 0.187. The number of hydrogen-bond donors (Lipinski definition) is 1. The molecule has 1 saturated heterocycles. The van der Waals surface area contributed by atoms with E-state index in [1.807, 2.05) is 19.1 Å². The molecule has 0 bridgehead atoms. The van der Waals surface area contributed by atoms with Crippen molar-refractivity contribution in [2.24, 2.45) is 0 Å². The number of β-amino-alcohol motifs (C(OH)–C–C–N with tert-alkyl or cyclic N) is 1. The van der Waals surface area contributed by atoms with E-state index < -0.39 is 0 Å². The summed E-state index contributed by atoms with van der Waals surface area (Å²) in [5, 5.41) is 9.56. The summed E-state index contributed by atoms with van der Waals surface area (Å²) in [6, 6.07) is 4.06. The first-order valence-corrected chi connectivity index (χ1v) is 7.33. The number of methoxy groups -OCH3 is 1. The minimum atomic E-state index is -0.187. The molecule has 1 N–H and O–H groups in total. The quantitative estimate of drug-likeness (QED) is 0.900. The average molecular weight is 330 g/mol. The second-order valence-corrected chi connectivity index (χ2v) is 5.57. The van der Waals surface area contributed by atoms with Crippen molar-refractivity contribution in [2.45, 2.75) is 26.0 Å². The fourth-order valence-corrected chi connectivity index (χ4v) is 3.04. The molecule has 1 aromatic rings. The molecular formula is C14H20BrNO3. The molecule has 4 nitrogen and oxygen atoms in total. The van der Waals surface area contributed by atoms with Crippen molar-refractivity contribution < 1.29 is 14.6 Å². The Kier molecular flexibility index (Phi) is 5.07. The van der Waals surface area contributed by atoms with E-state index in [0.29, 0.717) is 6.61 Å². The van der Waals surface area contributed by atoms with Gasteiger partial charge in [0.25, 0.3) is 0 Å². The Bertz CT molecular complexity index is 439. The Balaban J connectivity index is 2.16. The van der Waals surface area contributed by atoms with E-state index in [2.05, 4.69) is 20.8 Å². The molecule has 2 rings (SSSR count). The van der Waals surface area contributed by atoms with Crippen LogP contribution in [0.4, 0.5) is 0 Å². The Morgan fingerprint density at radius 2 is 2.26 bits per heavy atom. The summed E-state index contributed by atoms with van der Waals surface area (Å²) < 4.78 is 11.9. The van der Waals surface area contributed by atoms with Gasteiger partial charge in [0, 0.05) is 19.6 Å². The first-order chi connectivity index (χ1) is 9.13. The maximum Gasteiger partial charge on any atom is 0.174 e. The second-order valence-electron chi connectivity index (χ2n) is 4.72. The number of nitrogens with zero attached hydrogens (tertiary/aromatic N) is 1. The zero-order valence-corrected chi connectivity index (χ0v) is 12.9. The topological polar surface area (TPSA) is 41.9 Å². The number of halogens is 1. The molecule has 0 unspecified atom stereocenters. The van der Waals surface area contributed by atoms with Crippen LogP contribution in [-0.4, -0.2) is 42.9 Å². The lowest BCUT2D eigenvalue weighted by Crippen LogP contribution is -2.21. The van der Waals surface area contributed by atoms with Crippen LogP contribution in [0.3, 0.4) is 0 Å². The Morgan fingerprint density at radius 3 is 2.84 bits per heavy atom. The third-order valence-corrected chi connectivity index (χ3v) is 3.82. The molecule has 0 saturated carbocycles. The van der Waals surface area contributed by atoms with E-state index in [9.17, 15) is 5.11 Å². The number of rotatable bonds is 5. The normalized spacial score (nSPS) is 19.7. The highest BCUT2D eigenvalue weighted by atomic mass is 79.9. The lowest BCUT2D eigenvalue weighted by Gasteiger charge is -2.18. The summed E-state index contributed by atoms with van der Waals surface area (Å²) in [7, 11) is 1.64. The second kappa shape index (κ2) is 6.59. The molecule has 0 aromatic heterocycles. The van der Waals surface area contributed by atoms with Crippen LogP contribution in [0.5, 0.6) is 11.5 Å². The Labute approximate surface area is 122 Å². The molecule has 1 fully saturated rings. The number of aliphatic hydroxyl groups excluding tert-OH is 1. The fourth-order valence-electron chi connectivity index (χ4n) is 2.39. The summed E-state index contributed by atoms with van der Waals surface area (Å²) >= 11 is 3.52. The standard InChI is InChI=1S/C14H20BrNO3/c1-3-19-13-7-10(6-12(15)14(13)18-2)8-16-5-4-11(17)9-16/h6-7,11,17H,3-5,8-9H2,1-2H3/t11-/m1/s1. The van der Waals surface area contributed by atoms with Crippen molar-refractivity contribution in [1.29, 1.82) is 0 Å². The number of ether oxygens (including phenoxy) is 2. The van der Waals surface area contributed by atoms with Crippen LogP contribution < -0.4 is 9.47 Å². The Hall–Kier alpha value is -0.780. The smallest absolute Gasteiger partial charge is 0.174 e. The third kappa shape index (κ3) is 3.61. The third-order valence-electron chi connectivity index (χ3n) is 3.23. The number of likely N-dealkylation sites (tertiary alicyclic amines) is 1. The maximum absolute atomic E-state index is 9.56. The lowest BCUT2D eigenvalue weighted by atomic mass is 10.2. The average Bonchev–Trinajstić information content (AvgIpc) is 2.75. The van der Waals surface area contributed by atoms with Gasteiger partial charge in [-0.3, -0.25) is 4.90 Å². The van der Waals surface area contributed by atoms with Crippen molar-refractivity contribution >= 4 is 15.9 Å². The monoisotopic (exact) mass is 329 g/mol. The molecule has 0 amide bonds. The van der Waals surface area contributed by atoms with Gasteiger partial charge in [-0.05, 0) is 47.0 Å². The van der Waals surface area contributed by atoms with Crippen molar-refractivity contribution in [3.63, 3.8) is 0 Å². The van der Waals surface area contributed by atoms with Crippen molar-refractivity contribution in [3.8, 4) is 11.5 Å². The van der Waals surface area contributed by atoms with E-state index in [4.69, 9.17) is 9.47 Å². The molecule has 1 aliphatic heterocycles. The molecule has 1 aliphatic rings. The zero-order valence-electron chi connectivity index (χ0n) is 11.4. The summed E-state index contributed by atoms with van der Waals surface area (Å²) in [5.41, 5.74) is 1.16. The summed E-state index contributed by atoms with van der Waals surface area (Å²) in [4.78, 5) is 2.24. The van der Waals surface area contributed by atoms with E-state index in [0.717, 1.165) is 47.6 Å². The van der Waals surface area contributed by atoms with E-state index in [1.54, 1.807) is 7.11 Å². The number of hydrogen-bond acceptors (Lipinski definition) is 4. The summed E-state index contributed by atoms with van der Waals surface area (Å²) in [6.07, 6.45) is 0.670. The first kappa shape index (κ1) is 14.6. The summed E-state index contributed by atoms with van der Waals surface area (Å²) in [5.74, 6) is 1.49. The molecule has 0 spiro atoms. The SMILES string of the molecule is CCOc1cc(CN2CC[C@@H](O)C2)cc(Br)c1OC. The molecule has 1 heterocycles. The predicted molar refractivity (Wildman–Crippen MR) is 77.8 cm³/mol. The van der Waals surface area contributed by atoms with Crippen LogP contribution in [-0.2, 0) is 6.54 Å². The maximum atomic E-state index is 9.56. The van der Waals surface area contributed by atoms with Crippen molar-refractivity contribution in [1.82, 2.24) is 4.90 Å². The van der Waals surface area contributed by atoms with E-state index in [-0.39, 0.29) is 6.10 Å². The zero-order chi connectivity index (χ0) is 13.8. The van der Waals surface area contributed by atoms with Crippen LogP contribution in [0, 0.1) is 0 Å². The highest BCUT2D eigenvalue weighted by Crippen LogP contribution is 2.37. The fraction of sp³-hybridized carbons (Fsp3) is 0.571. The highest BCUT2D eigenvalue weighted by molar-refractivity contribution is 9.10. The van der Waals surface area contributed by atoms with Gasteiger partial charge in [0.2, 0.25) is 0 Å². The Morgan fingerprint density at radius 1 is 1.47 bits per heavy atom. The van der Waals surface area contributed by atoms with Gasteiger partial charge in [0.05, 0.1) is 24.3 Å². The minimum Gasteiger partial charge on any atom is -0.492 e. The first-order valence-electron chi connectivity index (χ1n) is 6.53. The molecule has 19 heavy (non-hydrogen) atoms. The van der Waals surface area contributed by atoms with Crippen LogP contribution in [0.1, 0.15) is 18.9 Å². The van der Waals surface area contributed by atoms with Crippen LogP contribution in [0.25, 0.3) is 0 Å². The molecular weight excluding hydrogens is 310 g/mol. The largest absolute Gasteiger partial charge is 0.492 e. The van der Waals surface area contributed by atoms with Crippen molar-refractivity contribution in [2.75, 3.05) is 26.8 Å². The van der Waals surface area contributed by atoms with E-state index >= 15 is 0 Å². The molecule has 0 aliphatic carbocycles. The molecule has 1 atom stereocenters. The van der Waals surface area contributed by atoms with Gasteiger partial charge in [-0.15, -0.1) is 0 Å². The van der Waals surface area contributed by atoms with E-state index in [1.165, 1.54) is 0 Å². The van der Waals surface area contributed by atoms with Gasteiger partial charge in [0.1, 0.15) is 0 Å². The molecule has 5 heteroatoms. The molecule has 1 aromatic carbocycles. The lowest BCUT2D eigenvalue weighted by molar-refractivity contribution is 0.174. The predicted octanol–water partition coefficient (Wildman–Crippen LogP) is 2.42. The van der Waals surface area contributed by atoms with Gasteiger partial charge in [-0.25, -0.2) is 0 Å². The number of benzene rings is 1. The summed E-state index contributed by atoms with van der Waals surface area (Å²) in [6.45, 7) is 5.06. The van der Waals surface area contributed by atoms with Crippen molar-refractivity contribution in [3.05, 3.63) is 22.2 Å². The van der Waals surface area contributed by atoms with Gasteiger partial charge in [-0.1, -0.05) is 0 Å². The van der Waals surface area contributed by atoms with Crippen LogP contribution >= 0.6 is 15.9 Å². The van der Waals surface area contributed by atoms with Gasteiger partial charge >= 0.3 is 0 Å².